The van der Waals surface area contributed by atoms with Gasteiger partial charge < -0.3 is 15.1 Å². The Hall–Kier alpha value is -3.03. The van der Waals surface area contributed by atoms with E-state index in [-0.39, 0.29) is 12.5 Å². The second kappa shape index (κ2) is 8.11. The van der Waals surface area contributed by atoms with Gasteiger partial charge in [-0.15, -0.1) is 0 Å². The molecule has 1 saturated heterocycles. The summed E-state index contributed by atoms with van der Waals surface area (Å²) >= 11 is 0. The number of nitrogens with zero attached hydrogens (tertiary/aromatic N) is 2. The number of anilines is 1. The maximum atomic E-state index is 13.6. The Kier molecular flexibility index (Phi) is 5.63. The topological polar surface area (TPSA) is 52.7 Å². The predicted molar refractivity (Wildman–Crippen MR) is 93.9 cm³/mol. The predicted octanol–water partition coefficient (Wildman–Crippen LogP) is 2.18. The molecule has 0 radical (unpaired) electrons. The zero-order valence-corrected chi connectivity index (χ0v) is 14.4. The van der Waals surface area contributed by atoms with Gasteiger partial charge in [-0.25, -0.2) is 13.2 Å². The van der Waals surface area contributed by atoms with Gasteiger partial charge in [0, 0.05) is 31.9 Å². The Bertz CT molecular complexity index is 838. The van der Waals surface area contributed by atoms with Crippen LogP contribution >= 0.6 is 0 Å². The summed E-state index contributed by atoms with van der Waals surface area (Å²) in [5.74, 6) is -5.96. The van der Waals surface area contributed by atoms with E-state index in [1.54, 1.807) is 4.90 Å². The van der Waals surface area contributed by atoms with E-state index in [2.05, 4.69) is 10.2 Å². The molecule has 1 fully saturated rings. The number of para-hydroxylation sites is 1. The van der Waals surface area contributed by atoms with Crippen molar-refractivity contribution in [1.82, 2.24) is 10.2 Å². The monoisotopic (exact) mass is 377 g/mol. The molecule has 1 heterocycles. The molecule has 0 aliphatic carbocycles. The number of hydrogen-bond donors (Lipinski definition) is 1. The number of piperazine rings is 1. The largest absolute Gasteiger partial charge is 0.368 e. The smallest absolute Gasteiger partial charge is 0.254 e. The highest BCUT2D eigenvalue weighted by Crippen LogP contribution is 2.16. The zero-order chi connectivity index (χ0) is 19.4. The molecule has 27 heavy (non-hydrogen) atoms. The van der Waals surface area contributed by atoms with Crippen LogP contribution in [0.25, 0.3) is 0 Å². The molecule has 0 atom stereocenters. The van der Waals surface area contributed by atoms with Crippen molar-refractivity contribution >= 4 is 17.5 Å². The highest BCUT2D eigenvalue weighted by Gasteiger charge is 2.23. The minimum Gasteiger partial charge on any atom is -0.368 e. The Balaban J connectivity index is 1.52. The van der Waals surface area contributed by atoms with Crippen molar-refractivity contribution in [3.63, 3.8) is 0 Å². The van der Waals surface area contributed by atoms with Crippen molar-refractivity contribution in [3.8, 4) is 0 Å². The minimum atomic E-state index is -1.72. The van der Waals surface area contributed by atoms with Crippen molar-refractivity contribution in [2.24, 2.45) is 0 Å². The molecule has 1 aliphatic rings. The van der Waals surface area contributed by atoms with E-state index in [1.807, 2.05) is 30.3 Å². The Morgan fingerprint density at radius 3 is 2.22 bits per heavy atom. The molecule has 0 spiro atoms. The van der Waals surface area contributed by atoms with Crippen molar-refractivity contribution < 1.29 is 22.8 Å². The molecule has 142 valence electrons. The van der Waals surface area contributed by atoms with Gasteiger partial charge in [0.15, 0.2) is 17.5 Å². The fourth-order valence-corrected chi connectivity index (χ4v) is 2.92. The zero-order valence-electron chi connectivity index (χ0n) is 14.4. The van der Waals surface area contributed by atoms with Crippen molar-refractivity contribution in [2.45, 2.75) is 0 Å². The van der Waals surface area contributed by atoms with E-state index < -0.39 is 28.9 Å². The number of carbonyl (C=O) groups is 2. The van der Waals surface area contributed by atoms with Gasteiger partial charge in [0.2, 0.25) is 5.91 Å². The molecule has 2 aromatic carbocycles. The minimum absolute atomic E-state index is 0.320. The second-order valence-corrected chi connectivity index (χ2v) is 6.11. The summed E-state index contributed by atoms with van der Waals surface area (Å²) in [7, 11) is 0. The molecule has 2 amide bonds. The summed E-state index contributed by atoms with van der Waals surface area (Å²) < 4.78 is 39.8. The molecular weight excluding hydrogens is 359 g/mol. The van der Waals surface area contributed by atoms with Crippen LogP contribution in [0.15, 0.2) is 42.5 Å². The van der Waals surface area contributed by atoms with Crippen LogP contribution in [-0.2, 0) is 4.79 Å². The average Bonchev–Trinajstić information content (AvgIpc) is 2.71. The van der Waals surface area contributed by atoms with Crippen LogP contribution in [0.4, 0.5) is 18.9 Å². The molecule has 5 nitrogen and oxygen atoms in total. The first kappa shape index (κ1) is 18.8. The molecule has 3 rings (SSSR count). The van der Waals surface area contributed by atoms with E-state index in [0.717, 1.165) is 11.8 Å². The van der Waals surface area contributed by atoms with Gasteiger partial charge in [0.05, 0.1) is 12.1 Å². The number of benzene rings is 2. The number of carbonyl (C=O) groups excluding carboxylic acids is 2. The summed E-state index contributed by atoms with van der Waals surface area (Å²) in [6.45, 7) is 1.94. The van der Waals surface area contributed by atoms with Crippen LogP contribution in [0.5, 0.6) is 0 Å². The molecule has 1 aliphatic heterocycles. The number of amides is 2. The molecule has 8 heteroatoms. The van der Waals surface area contributed by atoms with Crippen LogP contribution in [-0.4, -0.2) is 49.4 Å². The standard InChI is InChI=1S/C19H18F3N3O2/c20-15-7-6-14(17(21)18(15)22)19(27)23-12-16(26)25-10-8-24(9-11-25)13-4-2-1-3-5-13/h1-7H,8-12H2,(H,23,27). The third kappa shape index (κ3) is 4.21. The lowest BCUT2D eigenvalue weighted by Crippen LogP contribution is -2.51. The first-order valence-electron chi connectivity index (χ1n) is 8.47. The van der Waals surface area contributed by atoms with Gasteiger partial charge >= 0.3 is 0 Å². The van der Waals surface area contributed by atoms with Gasteiger partial charge in [0.25, 0.3) is 5.91 Å². The van der Waals surface area contributed by atoms with Crippen LogP contribution in [0.2, 0.25) is 0 Å². The molecule has 1 N–H and O–H groups in total. The number of hydrogen-bond acceptors (Lipinski definition) is 3. The molecule has 2 aromatic rings. The van der Waals surface area contributed by atoms with Crippen molar-refractivity contribution in [1.29, 1.82) is 0 Å². The normalized spacial score (nSPS) is 14.2. The van der Waals surface area contributed by atoms with Gasteiger partial charge in [-0.1, -0.05) is 18.2 Å². The van der Waals surface area contributed by atoms with Gasteiger partial charge in [-0.05, 0) is 24.3 Å². The summed E-state index contributed by atoms with van der Waals surface area (Å²) in [5.41, 5.74) is 0.433. The lowest BCUT2D eigenvalue weighted by Gasteiger charge is -2.36. The maximum Gasteiger partial charge on any atom is 0.254 e. The first-order valence-corrected chi connectivity index (χ1v) is 8.47. The quantitative estimate of drug-likeness (QED) is 0.831. The lowest BCUT2D eigenvalue weighted by atomic mass is 10.2. The molecule has 0 aromatic heterocycles. The maximum absolute atomic E-state index is 13.6. The van der Waals surface area contributed by atoms with E-state index in [0.29, 0.717) is 32.2 Å². The van der Waals surface area contributed by atoms with E-state index >= 15 is 0 Å². The summed E-state index contributed by atoms with van der Waals surface area (Å²) in [4.78, 5) is 27.9. The molecule has 0 bridgehead atoms. The Labute approximate surface area is 154 Å². The fourth-order valence-electron chi connectivity index (χ4n) is 2.92. The van der Waals surface area contributed by atoms with Crippen LogP contribution < -0.4 is 10.2 Å². The number of nitrogens with one attached hydrogen (secondary N) is 1. The molecule has 0 saturated carbocycles. The van der Waals surface area contributed by atoms with E-state index in [9.17, 15) is 22.8 Å². The van der Waals surface area contributed by atoms with Gasteiger partial charge in [-0.3, -0.25) is 9.59 Å². The van der Waals surface area contributed by atoms with Crippen LogP contribution in [0.3, 0.4) is 0 Å². The third-order valence-corrected chi connectivity index (χ3v) is 4.43. The average molecular weight is 377 g/mol. The van der Waals surface area contributed by atoms with Gasteiger partial charge in [0.1, 0.15) is 0 Å². The fraction of sp³-hybridized carbons (Fsp3) is 0.263. The number of rotatable bonds is 4. The van der Waals surface area contributed by atoms with Crippen LogP contribution in [0.1, 0.15) is 10.4 Å². The molecular formula is C19H18F3N3O2. The van der Waals surface area contributed by atoms with Gasteiger partial charge in [-0.2, -0.15) is 0 Å². The summed E-state index contributed by atoms with van der Waals surface area (Å²) in [5, 5.41) is 2.25. The first-order chi connectivity index (χ1) is 13.0. The summed E-state index contributed by atoms with van der Waals surface area (Å²) in [6.07, 6.45) is 0. The highest BCUT2D eigenvalue weighted by atomic mass is 19.2. The van der Waals surface area contributed by atoms with E-state index in [1.165, 1.54) is 0 Å². The number of halogens is 3. The summed E-state index contributed by atoms with van der Waals surface area (Å²) in [6, 6.07) is 11.3. The Morgan fingerprint density at radius 1 is 0.889 bits per heavy atom. The SMILES string of the molecule is O=C(NCC(=O)N1CCN(c2ccccc2)CC1)c1ccc(F)c(F)c1F. The van der Waals surface area contributed by atoms with Crippen LogP contribution in [0, 0.1) is 17.5 Å². The Morgan fingerprint density at radius 2 is 1.56 bits per heavy atom. The van der Waals surface area contributed by atoms with Crippen molar-refractivity contribution in [3.05, 3.63) is 65.5 Å². The lowest BCUT2D eigenvalue weighted by molar-refractivity contribution is -0.130. The molecule has 0 unspecified atom stereocenters. The van der Waals surface area contributed by atoms with Crippen molar-refractivity contribution in [2.75, 3.05) is 37.6 Å². The highest BCUT2D eigenvalue weighted by molar-refractivity contribution is 5.96. The second-order valence-electron chi connectivity index (χ2n) is 6.11. The third-order valence-electron chi connectivity index (χ3n) is 4.43. The van der Waals surface area contributed by atoms with E-state index in [4.69, 9.17) is 0 Å².